The number of benzene rings is 2. The molecule has 0 radical (unpaired) electrons. The molecule has 0 aliphatic rings. The molecule has 1 unspecified atom stereocenters. The highest BCUT2D eigenvalue weighted by atomic mass is 16.4. The van der Waals surface area contributed by atoms with Gasteiger partial charge in [0.2, 0.25) is 0 Å². The molecule has 0 spiro atoms. The summed E-state index contributed by atoms with van der Waals surface area (Å²) < 4.78 is 0. The van der Waals surface area contributed by atoms with Gasteiger partial charge in [0.25, 0.3) is 5.91 Å². The minimum atomic E-state index is -1.06. The van der Waals surface area contributed by atoms with Crippen molar-refractivity contribution < 1.29 is 14.7 Å². The molecule has 0 aliphatic heterocycles. The molecule has 0 heterocycles. The number of hydrogen-bond donors (Lipinski definition) is 5. The fraction of sp³-hybridized carbons (Fsp3) is 0.118. The summed E-state index contributed by atoms with van der Waals surface area (Å²) in [6.45, 7) is 0. The highest BCUT2D eigenvalue weighted by molar-refractivity contribution is 5.95. The standard InChI is InChI=1S/C17H19N5O3/c18-20-11-19-14-8-4-7-13(10-14)16(23)22-21-15(17(24)25)9-12-5-2-1-3-6-12/h1-8,10-11,15,21H,9,18H2,(H,19,20)(H,22,23)(H,24,25). The molecular formula is C17H19N5O3. The van der Waals surface area contributed by atoms with E-state index in [1.54, 1.807) is 24.3 Å². The van der Waals surface area contributed by atoms with E-state index in [9.17, 15) is 14.7 Å². The van der Waals surface area contributed by atoms with Gasteiger partial charge in [-0.05, 0) is 23.8 Å². The molecule has 6 N–H and O–H groups in total. The molecule has 2 aromatic rings. The van der Waals surface area contributed by atoms with Gasteiger partial charge in [0.1, 0.15) is 12.4 Å². The molecule has 0 aromatic heterocycles. The Morgan fingerprint density at radius 1 is 1.16 bits per heavy atom. The number of hydrazine groups is 2. The smallest absolute Gasteiger partial charge is 0.322 e. The molecule has 0 aliphatic carbocycles. The largest absolute Gasteiger partial charge is 0.480 e. The third-order valence-corrected chi connectivity index (χ3v) is 3.34. The van der Waals surface area contributed by atoms with Gasteiger partial charge in [-0.25, -0.2) is 16.3 Å². The van der Waals surface area contributed by atoms with Crippen LogP contribution in [0.25, 0.3) is 0 Å². The summed E-state index contributed by atoms with van der Waals surface area (Å²) in [6, 6.07) is 14.7. The Labute approximate surface area is 144 Å². The van der Waals surface area contributed by atoms with Crippen molar-refractivity contribution in [3.8, 4) is 0 Å². The molecule has 0 bridgehead atoms. The molecule has 2 aromatic carbocycles. The molecule has 0 saturated heterocycles. The second-order valence-corrected chi connectivity index (χ2v) is 5.15. The van der Waals surface area contributed by atoms with Gasteiger partial charge in [0.15, 0.2) is 0 Å². The van der Waals surface area contributed by atoms with Crippen molar-refractivity contribution in [2.24, 2.45) is 10.8 Å². The maximum atomic E-state index is 12.2. The average Bonchev–Trinajstić information content (AvgIpc) is 2.64. The summed E-state index contributed by atoms with van der Waals surface area (Å²) in [5.41, 5.74) is 8.97. The number of nitrogens with zero attached hydrogens (tertiary/aromatic N) is 1. The molecule has 130 valence electrons. The average molecular weight is 341 g/mol. The predicted octanol–water partition coefficient (Wildman–Crippen LogP) is 0.740. The summed E-state index contributed by atoms with van der Waals surface area (Å²) in [4.78, 5) is 27.6. The topological polar surface area (TPSA) is 129 Å². The highest BCUT2D eigenvalue weighted by Gasteiger charge is 2.18. The van der Waals surface area contributed by atoms with Crippen molar-refractivity contribution in [1.82, 2.24) is 16.3 Å². The fourth-order valence-electron chi connectivity index (χ4n) is 2.11. The van der Waals surface area contributed by atoms with Crippen LogP contribution in [-0.4, -0.2) is 29.4 Å². The Balaban J connectivity index is 1.99. The van der Waals surface area contributed by atoms with Gasteiger partial charge in [-0.15, -0.1) is 0 Å². The van der Waals surface area contributed by atoms with E-state index in [4.69, 9.17) is 5.84 Å². The lowest BCUT2D eigenvalue weighted by molar-refractivity contribution is -0.139. The van der Waals surface area contributed by atoms with E-state index in [-0.39, 0.29) is 6.42 Å². The third kappa shape index (κ3) is 5.72. The normalized spacial score (nSPS) is 11.9. The van der Waals surface area contributed by atoms with E-state index in [1.165, 1.54) is 6.34 Å². The van der Waals surface area contributed by atoms with Gasteiger partial charge in [-0.1, -0.05) is 36.4 Å². The number of aliphatic carboxylic acids is 1. The van der Waals surface area contributed by atoms with Crippen molar-refractivity contribution in [2.75, 3.05) is 0 Å². The minimum Gasteiger partial charge on any atom is -0.480 e. The summed E-state index contributed by atoms with van der Waals surface area (Å²) in [6.07, 6.45) is 1.53. The predicted molar refractivity (Wildman–Crippen MR) is 94.1 cm³/mol. The van der Waals surface area contributed by atoms with E-state index in [1.807, 2.05) is 30.3 Å². The van der Waals surface area contributed by atoms with Crippen molar-refractivity contribution in [2.45, 2.75) is 12.5 Å². The van der Waals surface area contributed by atoms with Crippen LogP contribution in [0, 0.1) is 0 Å². The fourth-order valence-corrected chi connectivity index (χ4v) is 2.11. The number of rotatable bonds is 8. The maximum absolute atomic E-state index is 12.2. The first-order valence-corrected chi connectivity index (χ1v) is 7.51. The highest BCUT2D eigenvalue weighted by Crippen LogP contribution is 2.13. The first kappa shape index (κ1) is 18.1. The quantitative estimate of drug-likeness (QED) is 0.208. The van der Waals surface area contributed by atoms with E-state index in [0.717, 1.165) is 5.56 Å². The van der Waals surface area contributed by atoms with Crippen molar-refractivity contribution >= 4 is 23.9 Å². The number of hydrogen-bond acceptors (Lipinski definition) is 5. The van der Waals surface area contributed by atoms with E-state index < -0.39 is 17.9 Å². The number of carboxylic acids is 1. The summed E-state index contributed by atoms with van der Waals surface area (Å²) in [5, 5.41) is 9.31. The minimum absolute atomic E-state index is 0.239. The monoisotopic (exact) mass is 341 g/mol. The Morgan fingerprint density at radius 2 is 1.92 bits per heavy atom. The van der Waals surface area contributed by atoms with Crippen LogP contribution in [0.4, 0.5) is 5.69 Å². The summed E-state index contributed by atoms with van der Waals surface area (Å²) >= 11 is 0. The third-order valence-electron chi connectivity index (χ3n) is 3.34. The van der Waals surface area contributed by atoms with E-state index in [2.05, 4.69) is 21.3 Å². The van der Waals surface area contributed by atoms with Crippen LogP contribution in [0.2, 0.25) is 0 Å². The summed E-state index contributed by atoms with van der Waals surface area (Å²) in [7, 11) is 0. The maximum Gasteiger partial charge on any atom is 0.322 e. The lowest BCUT2D eigenvalue weighted by Crippen LogP contribution is -2.49. The molecule has 0 fully saturated rings. The first-order valence-electron chi connectivity index (χ1n) is 7.51. The van der Waals surface area contributed by atoms with Crippen LogP contribution < -0.4 is 22.1 Å². The number of carbonyl (C=O) groups excluding carboxylic acids is 1. The molecule has 8 nitrogen and oxygen atoms in total. The lowest BCUT2D eigenvalue weighted by atomic mass is 10.1. The molecule has 1 atom stereocenters. The van der Waals surface area contributed by atoms with Gasteiger partial charge in [0.05, 0.1) is 5.69 Å². The SMILES string of the molecule is NNC=Nc1cccc(C(=O)NNC(Cc2ccccc2)C(=O)O)c1. The Hall–Kier alpha value is -3.23. The van der Waals surface area contributed by atoms with Crippen LogP contribution in [0.15, 0.2) is 59.6 Å². The van der Waals surface area contributed by atoms with Crippen LogP contribution in [-0.2, 0) is 11.2 Å². The lowest BCUT2D eigenvalue weighted by Gasteiger charge is -2.15. The van der Waals surface area contributed by atoms with Gasteiger partial charge < -0.3 is 10.5 Å². The molecular weight excluding hydrogens is 322 g/mol. The molecule has 8 heteroatoms. The molecule has 0 saturated carbocycles. The summed E-state index contributed by atoms with van der Waals surface area (Å²) in [5.74, 6) is 3.58. The van der Waals surface area contributed by atoms with E-state index >= 15 is 0 Å². The zero-order valence-electron chi connectivity index (χ0n) is 13.3. The van der Waals surface area contributed by atoms with Crippen LogP contribution in [0.3, 0.4) is 0 Å². The van der Waals surface area contributed by atoms with Gasteiger partial charge in [-0.3, -0.25) is 15.0 Å². The zero-order valence-corrected chi connectivity index (χ0v) is 13.3. The van der Waals surface area contributed by atoms with Crippen LogP contribution >= 0.6 is 0 Å². The van der Waals surface area contributed by atoms with Crippen LogP contribution in [0.1, 0.15) is 15.9 Å². The zero-order chi connectivity index (χ0) is 18.1. The van der Waals surface area contributed by atoms with Crippen molar-refractivity contribution in [3.63, 3.8) is 0 Å². The van der Waals surface area contributed by atoms with Gasteiger partial charge >= 0.3 is 5.97 Å². The van der Waals surface area contributed by atoms with Crippen molar-refractivity contribution in [3.05, 3.63) is 65.7 Å². The van der Waals surface area contributed by atoms with Crippen LogP contribution in [0.5, 0.6) is 0 Å². The second-order valence-electron chi connectivity index (χ2n) is 5.15. The first-order chi connectivity index (χ1) is 12.1. The van der Waals surface area contributed by atoms with Crippen molar-refractivity contribution in [1.29, 1.82) is 0 Å². The number of amides is 1. The number of aliphatic imine (C=N–C) groups is 1. The molecule has 2 rings (SSSR count). The second kappa shape index (κ2) is 9.16. The molecule has 1 amide bonds. The number of nitrogens with two attached hydrogens (primary N) is 1. The number of carbonyl (C=O) groups is 2. The van der Waals surface area contributed by atoms with Gasteiger partial charge in [-0.2, -0.15) is 0 Å². The number of nitrogens with one attached hydrogen (secondary N) is 3. The Bertz CT molecular complexity index is 749. The Kier molecular flexibility index (Phi) is 6.64. The van der Waals surface area contributed by atoms with E-state index in [0.29, 0.717) is 11.3 Å². The number of carboxylic acid groups (broad SMARTS) is 1. The molecule has 25 heavy (non-hydrogen) atoms. The van der Waals surface area contributed by atoms with Gasteiger partial charge in [0, 0.05) is 12.0 Å². The Morgan fingerprint density at radius 3 is 2.60 bits per heavy atom.